The molecule has 1 aromatic heterocycles. The van der Waals surface area contributed by atoms with Crippen LogP contribution >= 0.6 is 0 Å². The van der Waals surface area contributed by atoms with E-state index in [9.17, 15) is 4.79 Å². The Morgan fingerprint density at radius 1 is 1.67 bits per heavy atom. The number of carboxylic acid groups (broad SMARTS) is 1. The fraction of sp³-hybridized carbons (Fsp3) is 0.429. The molecule has 5 heteroatoms. The molecule has 1 rings (SSSR count). The van der Waals surface area contributed by atoms with Crippen molar-refractivity contribution in [3.8, 4) is 5.88 Å². The maximum absolute atomic E-state index is 10.1. The molecule has 0 aliphatic rings. The zero-order chi connectivity index (χ0) is 8.97. The quantitative estimate of drug-likeness (QED) is 0.614. The molecule has 0 unspecified atom stereocenters. The molecule has 0 aromatic carbocycles. The second-order valence-corrected chi connectivity index (χ2v) is 2.46. The van der Waals surface area contributed by atoms with Gasteiger partial charge in [-0.05, 0) is 6.42 Å². The summed E-state index contributed by atoms with van der Waals surface area (Å²) in [7, 11) is 0. The molecule has 0 saturated carbocycles. The van der Waals surface area contributed by atoms with Crippen LogP contribution < -0.4 is 0 Å². The van der Waals surface area contributed by atoms with Gasteiger partial charge in [-0.3, -0.25) is 4.79 Å². The molecule has 12 heavy (non-hydrogen) atoms. The number of imidazole rings is 1. The van der Waals surface area contributed by atoms with Gasteiger partial charge in [-0.1, -0.05) is 0 Å². The minimum Gasteiger partial charge on any atom is -0.493 e. The van der Waals surface area contributed by atoms with Gasteiger partial charge in [0.1, 0.15) is 5.82 Å². The van der Waals surface area contributed by atoms with Crippen molar-refractivity contribution in [3.63, 3.8) is 0 Å². The molecule has 1 aromatic rings. The summed E-state index contributed by atoms with van der Waals surface area (Å²) >= 11 is 0. The molecular weight excluding hydrogens is 160 g/mol. The van der Waals surface area contributed by atoms with Crippen LogP contribution in [0.15, 0.2) is 6.20 Å². The van der Waals surface area contributed by atoms with Crippen LogP contribution in [0.5, 0.6) is 5.88 Å². The van der Waals surface area contributed by atoms with E-state index in [2.05, 4.69) is 9.97 Å². The molecule has 0 atom stereocenters. The first-order valence-electron chi connectivity index (χ1n) is 3.63. The number of carbonyl (C=O) groups is 1. The van der Waals surface area contributed by atoms with Crippen LogP contribution in [0.25, 0.3) is 0 Å². The van der Waals surface area contributed by atoms with Crippen molar-refractivity contribution < 1.29 is 15.0 Å². The molecule has 5 nitrogen and oxygen atoms in total. The summed E-state index contributed by atoms with van der Waals surface area (Å²) in [5.74, 6) is -0.181. The minimum absolute atomic E-state index is 0.0142. The molecule has 0 saturated heterocycles. The van der Waals surface area contributed by atoms with Crippen LogP contribution in [0.1, 0.15) is 18.7 Å². The van der Waals surface area contributed by atoms with Crippen LogP contribution in [-0.2, 0) is 11.2 Å². The van der Waals surface area contributed by atoms with E-state index in [0.717, 1.165) is 0 Å². The predicted octanol–water partition coefficient (Wildman–Crippen LogP) is 0.523. The predicted molar refractivity (Wildman–Crippen MR) is 40.8 cm³/mol. The van der Waals surface area contributed by atoms with Crippen molar-refractivity contribution >= 4 is 5.97 Å². The molecule has 0 aliphatic heterocycles. The lowest BCUT2D eigenvalue weighted by Gasteiger charge is -1.92. The highest BCUT2D eigenvalue weighted by molar-refractivity contribution is 5.66. The summed E-state index contributed by atoms with van der Waals surface area (Å²) in [6.45, 7) is 0. The van der Waals surface area contributed by atoms with E-state index in [1.165, 1.54) is 6.20 Å². The van der Waals surface area contributed by atoms with Gasteiger partial charge in [0.2, 0.25) is 5.88 Å². The lowest BCUT2D eigenvalue weighted by molar-refractivity contribution is -0.137. The van der Waals surface area contributed by atoms with Gasteiger partial charge in [0.05, 0.1) is 6.20 Å². The molecule has 0 amide bonds. The number of H-pyrrole nitrogens is 1. The molecule has 0 aliphatic carbocycles. The first-order chi connectivity index (χ1) is 5.68. The highest BCUT2D eigenvalue weighted by atomic mass is 16.4. The van der Waals surface area contributed by atoms with Crippen molar-refractivity contribution in [2.75, 3.05) is 0 Å². The molecule has 0 bridgehead atoms. The summed E-state index contributed by atoms with van der Waals surface area (Å²) in [4.78, 5) is 16.5. The number of rotatable bonds is 4. The molecule has 3 N–H and O–H groups in total. The Balaban J connectivity index is 2.29. The highest BCUT2D eigenvalue weighted by Crippen LogP contribution is 2.05. The zero-order valence-corrected chi connectivity index (χ0v) is 6.45. The first kappa shape index (κ1) is 8.58. The van der Waals surface area contributed by atoms with Crippen molar-refractivity contribution in [1.82, 2.24) is 9.97 Å². The largest absolute Gasteiger partial charge is 0.493 e. The van der Waals surface area contributed by atoms with Gasteiger partial charge in [-0.2, -0.15) is 0 Å². The van der Waals surface area contributed by atoms with Crippen LogP contribution in [0.3, 0.4) is 0 Å². The normalized spacial score (nSPS) is 10.0. The lowest BCUT2D eigenvalue weighted by Crippen LogP contribution is -1.96. The van der Waals surface area contributed by atoms with Crippen molar-refractivity contribution in [3.05, 3.63) is 12.0 Å². The second-order valence-electron chi connectivity index (χ2n) is 2.46. The monoisotopic (exact) mass is 170 g/mol. The fourth-order valence-electron chi connectivity index (χ4n) is 0.886. The fourth-order valence-corrected chi connectivity index (χ4v) is 0.886. The van der Waals surface area contributed by atoms with Crippen molar-refractivity contribution in [2.45, 2.75) is 19.3 Å². The van der Waals surface area contributed by atoms with Gasteiger partial charge in [0.15, 0.2) is 0 Å². The molecular formula is C7H10N2O3. The Kier molecular flexibility index (Phi) is 2.68. The lowest BCUT2D eigenvalue weighted by atomic mass is 10.2. The first-order valence-corrected chi connectivity index (χ1v) is 3.63. The number of aryl methyl sites for hydroxylation is 1. The van der Waals surface area contributed by atoms with E-state index in [1.54, 1.807) is 0 Å². The smallest absolute Gasteiger partial charge is 0.303 e. The van der Waals surface area contributed by atoms with E-state index in [1.807, 2.05) is 0 Å². The summed E-state index contributed by atoms with van der Waals surface area (Å²) < 4.78 is 0. The average Bonchev–Trinajstić information content (AvgIpc) is 2.35. The maximum Gasteiger partial charge on any atom is 0.303 e. The number of hydrogen-bond acceptors (Lipinski definition) is 3. The molecule has 0 fully saturated rings. The average molecular weight is 170 g/mol. The van der Waals surface area contributed by atoms with Gasteiger partial charge in [0, 0.05) is 12.8 Å². The van der Waals surface area contributed by atoms with Gasteiger partial charge >= 0.3 is 5.97 Å². The Morgan fingerprint density at radius 3 is 2.92 bits per heavy atom. The van der Waals surface area contributed by atoms with Crippen LogP contribution in [0, 0.1) is 0 Å². The third kappa shape index (κ3) is 2.61. The topological polar surface area (TPSA) is 86.2 Å². The number of nitrogens with one attached hydrogen (secondary N) is 1. The Bertz CT molecular complexity index is 269. The summed E-state index contributed by atoms with van der Waals surface area (Å²) in [6, 6.07) is 0. The SMILES string of the molecule is O=C(O)CCCc1ncc(O)[nH]1. The Hall–Kier alpha value is -1.52. The van der Waals surface area contributed by atoms with E-state index >= 15 is 0 Å². The Morgan fingerprint density at radius 2 is 2.42 bits per heavy atom. The number of aromatic nitrogens is 2. The second kappa shape index (κ2) is 3.75. The third-order valence-corrected chi connectivity index (χ3v) is 1.42. The Labute approximate surface area is 69.1 Å². The van der Waals surface area contributed by atoms with Gasteiger partial charge in [0.25, 0.3) is 0 Å². The van der Waals surface area contributed by atoms with Crippen LogP contribution in [0.4, 0.5) is 0 Å². The zero-order valence-electron chi connectivity index (χ0n) is 6.45. The maximum atomic E-state index is 10.1. The molecule has 1 heterocycles. The summed E-state index contributed by atoms with van der Waals surface area (Å²) in [5.41, 5.74) is 0. The van der Waals surface area contributed by atoms with E-state index in [0.29, 0.717) is 18.7 Å². The molecule has 0 spiro atoms. The number of aliphatic carboxylic acids is 1. The molecule has 0 radical (unpaired) electrons. The summed E-state index contributed by atoms with van der Waals surface area (Å²) in [5, 5.41) is 17.1. The van der Waals surface area contributed by atoms with Crippen LogP contribution in [-0.4, -0.2) is 26.2 Å². The van der Waals surface area contributed by atoms with E-state index < -0.39 is 5.97 Å². The van der Waals surface area contributed by atoms with Crippen LogP contribution in [0.2, 0.25) is 0 Å². The van der Waals surface area contributed by atoms with Gasteiger partial charge in [-0.25, -0.2) is 4.98 Å². The number of hydrogen-bond donors (Lipinski definition) is 3. The van der Waals surface area contributed by atoms with Gasteiger partial charge < -0.3 is 15.2 Å². The number of carboxylic acids is 1. The van der Waals surface area contributed by atoms with E-state index in [-0.39, 0.29) is 12.3 Å². The number of nitrogens with zero attached hydrogens (tertiary/aromatic N) is 1. The van der Waals surface area contributed by atoms with Gasteiger partial charge in [-0.15, -0.1) is 0 Å². The standard InChI is InChI=1S/C7H10N2O3/c10-6-4-8-5(9-6)2-1-3-7(11)12/h4,10H,1-3H2,(H,8,9)(H,11,12). The molecule has 66 valence electrons. The highest BCUT2D eigenvalue weighted by Gasteiger charge is 2.00. The number of aromatic hydroxyl groups is 1. The minimum atomic E-state index is -0.814. The van der Waals surface area contributed by atoms with Crippen molar-refractivity contribution in [2.24, 2.45) is 0 Å². The van der Waals surface area contributed by atoms with E-state index in [4.69, 9.17) is 10.2 Å². The van der Waals surface area contributed by atoms with Crippen molar-refractivity contribution in [1.29, 1.82) is 0 Å². The third-order valence-electron chi connectivity index (χ3n) is 1.42. The number of aromatic amines is 1. The summed E-state index contributed by atoms with van der Waals surface area (Å²) in [6.07, 6.45) is 2.51.